The highest BCUT2D eigenvalue weighted by Gasteiger charge is 2.11. The third-order valence-electron chi connectivity index (χ3n) is 2.54. The van der Waals surface area contributed by atoms with E-state index in [-0.39, 0.29) is 19.1 Å². The van der Waals surface area contributed by atoms with Crippen molar-refractivity contribution in [2.75, 3.05) is 6.61 Å². The molecular weight excluding hydrogens is 258 g/mol. The molecule has 0 saturated carbocycles. The molecule has 2 aromatic rings. The molecular formula is C14H13N3O3. The lowest BCUT2D eigenvalue weighted by Crippen LogP contribution is -2.24. The van der Waals surface area contributed by atoms with Crippen LogP contribution in [0.5, 0.6) is 0 Å². The first-order chi connectivity index (χ1) is 9.70. The Kier molecular flexibility index (Phi) is 4.47. The molecule has 6 heteroatoms. The van der Waals surface area contributed by atoms with Crippen molar-refractivity contribution in [2.24, 2.45) is 0 Å². The molecule has 0 atom stereocenters. The van der Waals surface area contributed by atoms with Gasteiger partial charge >= 0.3 is 0 Å². The third kappa shape index (κ3) is 3.43. The molecule has 2 N–H and O–H groups in total. The fraction of sp³-hybridized carbons (Fsp3) is 0.214. The summed E-state index contributed by atoms with van der Waals surface area (Å²) < 4.78 is 4.58. The average Bonchev–Trinajstić information content (AvgIpc) is 2.96. The van der Waals surface area contributed by atoms with E-state index in [9.17, 15) is 4.79 Å². The second-order valence-electron chi connectivity index (χ2n) is 4.04. The van der Waals surface area contributed by atoms with Crippen molar-refractivity contribution in [1.82, 2.24) is 15.5 Å². The topological polar surface area (TPSA) is 88.3 Å². The number of hydrogen-bond donors (Lipinski definition) is 2. The van der Waals surface area contributed by atoms with Crippen LogP contribution in [0, 0.1) is 18.8 Å². The first-order valence-electron chi connectivity index (χ1n) is 5.94. The Labute approximate surface area is 115 Å². The number of hydrogen-bond acceptors (Lipinski definition) is 5. The van der Waals surface area contributed by atoms with Crippen molar-refractivity contribution < 1.29 is 14.4 Å². The van der Waals surface area contributed by atoms with Crippen molar-refractivity contribution in [3.05, 3.63) is 47.1 Å². The number of carbonyl (C=O) groups excluding carboxylic acids is 1. The van der Waals surface area contributed by atoms with E-state index in [4.69, 9.17) is 5.11 Å². The number of nitrogens with zero attached hydrogens (tertiary/aromatic N) is 2. The van der Waals surface area contributed by atoms with Gasteiger partial charge in [-0.15, -0.1) is 0 Å². The van der Waals surface area contributed by atoms with Crippen molar-refractivity contribution in [3.8, 4) is 11.8 Å². The summed E-state index contributed by atoms with van der Waals surface area (Å²) in [6.07, 6.45) is 1.20. The van der Waals surface area contributed by atoms with Crippen molar-refractivity contribution in [2.45, 2.75) is 13.5 Å². The van der Waals surface area contributed by atoms with E-state index in [1.54, 1.807) is 12.1 Å². The summed E-state index contributed by atoms with van der Waals surface area (Å²) in [5, 5.41) is 15.0. The number of aromatic nitrogens is 2. The second kappa shape index (κ2) is 6.50. The lowest BCUT2D eigenvalue weighted by molar-refractivity contribution is 0.0949. The number of rotatable bonds is 3. The first-order valence-corrected chi connectivity index (χ1v) is 5.94. The SMILES string of the molecule is Cc1ccc(C(=O)NCc2ncon2)c(C#CCO)c1. The van der Waals surface area contributed by atoms with Crippen LogP contribution in [0.1, 0.15) is 27.3 Å². The average molecular weight is 271 g/mol. The van der Waals surface area contributed by atoms with E-state index >= 15 is 0 Å². The summed E-state index contributed by atoms with van der Waals surface area (Å²) in [7, 11) is 0. The molecule has 0 aliphatic carbocycles. The summed E-state index contributed by atoms with van der Waals surface area (Å²) in [5.41, 5.74) is 2.01. The molecule has 1 aromatic heterocycles. The maximum Gasteiger partial charge on any atom is 0.252 e. The van der Waals surface area contributed by atoms with Gasteiger partial charge in [0, 0.05) is 5.56 Å². The Morgan fingerprint density at radius 2 is 2.35 bits per heavy atom. The summed E-state index contributed by atoms with van der Waals surface area (Å²) in [6.45, 7) is 1.83. The Bertz CT molecular complexity index is 654. The van der Waals surface area contributed by atoms with Gasteiger partial charge in [-0.25, -0.2) is 0 Å². The molecule has 2 rings (SSSR count). The highest BCUT2D eigenvalue weighted by Crippen LogP contribution is 2.11. The van der Waals surface area contributed by atoms with E-state index < -0.39 is 0 Å². The van der Waals surface area contributed by atoms with Gasteiger partial charge in [0.1, 0.15) is 6.61 Å². The maximum atomic E-state index is 12.1. The minimum absolute atomic E-state index is 0.177. The zero-order valence-corrected chi connectivity index (χ0v) is 10.9. The molecule has 0 fully saturated rings. The van der Waals surface area contributed by atoms with E-state index in [0.29, 0.717) is 17.0 Å². The van der Waals surface area contributed by atoms with Crippen LogP contribution in [-0.2, 0) is 6.54 Å². The molecule has 0 unspecified atom stereocenters. The molecule has 0 spiro atoms. The standard InChI is InChI=1S/C14H13N3O3/c1-10-4-5-12(11(7-10)3-2-6-18)14(19)15-8-13-16-9-20-17-13/h4-5,7,9,18H,6,8H2,1H3,(H,15,19). The predicted octanol–water partition coefficient (Wildman–Crippen LogP) is 0.652. The number of benzene rings is 1. The van der Waals surface area contributed by atoms with E-state index in [1.165, 1.54) is 6.39 Å². The molecule has 102 valence electrons. The molecule has 0 aliphatic rings. The van der Waals surface area contributed by atoms with Crippen molar-refractivity contribution in [1.29, 1.82) is 0 Å². The highest BCUT2D eigenvalue weighted by atomic mass is 16.5. The normalized spacial score (nSPS) is 9.70. The predicted molar refractivity (Wildman–Crippen MR) is 70.6 cm³/mol. The first kappa shape index (κ1) is 13.8. The van der Waals surface area contributed by atoms with Crippen molar-refractivity contribution in [3.63, 3.8) is 0 Å². The minimum Gasteiger partial charge on any atom is -0.384 e. The van der Waals surface area contributed by atoms with Gasteiger partial charge in [0.05, 0.1) is 12.1 Å². The van der Waals surface area contributed by atoms with Gasteiger partial charge in [0.15, 0.2) is 5.82 Å². The van der Waals surface area contributed by atoms with Gasteiger partial charge in [0.25, 0.3) is 5.91 Å². The molecule has 6 nitrogen and oxygen atoms in total. The number of nitrogens with one attached hydrogen (secondary N) is 1. The Hall–Kier alpha value is -2.65. The Balaban J connectivity index is 2.16. The van der Waals surface area contributed by atoms with Crippen LogP contribution >= 0.6 is 0 Å². The highest BCUT2D eigenvalue weighted by molar-refractivity contribution is 5.96. The van der Waals surface area contributed by atoms with Crippen LogP contribution in [0.4, 0.5) is 0 Å². The zero-order chi connectivity index (χ0) is 14.4. The van der Waals surface area contributed by atoms with Gasteiger partial charge in [0.2, 0.25) is 6.39 Å². The Morgan fingerprint density at radius 3 is 3.05 bits per heavy atom. The molecule has 1 heterocycles. The van der Waals surface area contributed by atoms with E-state index in [2.05, 4.69) is 31.8 Å². The smallest absolute Gasteiger partial charge is 0.252 e. The van der Waals surface area contributed by atoms with Crippen LogP contribution in [0.2, 0.25) is 0 Å². The molecule has 1 amide bonds. The lowest BCUT2D eigenvalue weighted by atomic mass is 10.0. The monoisotopic (exact) mass is 271 g/mol. The fourth-order valence-electron chi connectivity index (χ4n) is 1.62. The second-order valence-corrected chi connectivity index (χ2v) is 4.04. The number of amides is 1. The van der Waals surface area contributed by atoms with Crippen molar-refractivity contribution >= 4 is 5.91 Å². The van der Waals surface area contributed by atoms with Crippen LogP contribution < -0.4 is 5.32 Å². The largest absolute Gasteiger partial charge is 0.384 e. The minimum atomic E-state index is -0.281. The maximum absolute atomic E-state index is 12.1. The zero-order valence-electron chi connectivity index (χ0n) is 10.9. The van der Waals surface area contributed by atoms with Crippen LogP contribution in [0.3, 0.4) is 0 Å². The van der Waals surface area contributed by atoms with Gasteiger partial charge in [-0.2, -0.15) is 4.98 Å². The third-order valence-corrected chi connectivity index (χ3v) is 2.54. The lowest BCUT2D eigenvalue weighted by Gasteiger charge is -2.06. The number of aryl methyl sites for hydroxylation is 1. The van der Waals surface area contributed by atoms with E-state index in [0.717, 1.165) is 5.56 Å². The summed E-state index contributed by atoms with van der Waals surface area (Å²) in [6, 6.07) is 5.32. The number of aliphatic hydroxyl groups is 1. The van der Waals surface area contributed by atoms with E-state index in [1.807, 2.05) is 13.0 Å². The number of aliphatic hydroxyl groups excluding tert-OH is 1. The molecule has 0 aliphatic heterocycles. The molecule has 1 aromatic carbocycles. The Morgan fingerprint density at radius 1 is 1.50 bits per heavy atom. The number of carbonyl (C=O) groups is 1. The molecule has 0 bridgehead atoms. The van der Waals surface area contributed by atoms with Crippen LogP contribution in [0.25, 0.3) is 0 Å². The molecule has 0 saturated heterocycles. The van der Waals surface area contributed by atoms with Gasteiger partial charge in [-0.05, 0) is 24.6 Å². The van der Waals surface area contributed by atoms with Crippen LogP contribution in [-0.4, -0.2) is 27.8 Å². The summed E-state index contributed by atoms with van der Waals surface area (Å²) in [4.78, 5) is 15.9. The molecule has 20 heavy (non-hydrogen) atoms. The molecule has 0 radical (unpaired) electrons. The van der Waals surface area contributed by atoms with Gasteiger partial charge < -0.3 is 14.9 Å². The van der Waals surface area contributed by atoms with Crippen LogP contribution in [0.15, 0.2) is 29.1 Å². The summed E-state index contributed by atoms with van der Waals surface area (Å²) >= 11 is 0. The van der Waals surface area contributed by atoms with Gasteiger partial charge in [-0.3, -0.25) is 4.79 Å². The quantitative estimate of drug-likeness (QED) is 0.800. The van der Waals surface area contributed by atoms with Gasteiger partial charge in [-0.1, -0.05) is 23.1 Å². The summed E-state index contributed by atoms with van der Waals surface area (Å²) in [5.74, 6) is 5.43. The fourth-order valence-corrected chi connectivity index (χ4v) is 1.62.